The largest absolute Gasteiger partial charge is 0.388 e. The molecule has 1 saturated heterocycles. The first-order valence-corrected chi connectivity index (χ1v) is 8.13. The number of carbonyl (C=O) groups excluding carboxylic acids is 1. The highest BCUT2D eigenvalue weighted by molar-refractivity contribution is 7.12. The van der Waals surface area contributed by atoms with E-state index >= 15 is 0 Å². The minimum absolute atomic E-state index is 0.0423. The van der Waals surface area contributed by atoms with Gasteiger partial charge in [-0.2, -0.15) is 0 Å². The highest BCUT2D eigenvalue weighted by Gasteiger charge is 2.30. The van der Waals surface area contributed by atoms with Gasteiger partial charge in [0, 0.05) is 42.4 Å². The third-order valence-corrected chi connectivity index (χ3v) is 4.88. The summed E-state index contributed by atoms with van der Waals surface area (Å²) >= 11 is 1.73. The van der Waals surface area contributed by atoms with Gasteiger partial charge < -0.3 is 20.5 Å². The Morgan fingerprint density at radius 2 is 2.14 bits per heavy atom. The SMILES string of the molecule is Cc1cc(C(C)NC(=O)NCC2(O)CCOCC2)c(C)s1. The number of urea groups is 1. The van der Waals surface area contributed by atoms with Crippen molar-refractivity contribution < 1.29 is 14.6 Å². The summed E-state index contributed by atoms with van der Waals surface area (Å²) in [5.41, 5.74) is 0.311. The Morgan fingerprint density at radius 3 is 2.71 bits per heavy atom. The van der Waals surface area contributed by atoms with Crippen LogP contribution >= 0.6 is 11.3 Å². The molecule has 0 aromatic carbocycles. The van der Waals surface area contributed by atoms with Crippen LogP contribution in [0.1, 0.15) is 41.1 Å². The van der Waals surface area contributed by atoms with Crippen molar-refractivity contribution in [2.75, 3.05) is 19.8 Å². The van der Waals surface area contributed by atoms with Crippen molar-refractivity contribution in [2.24, 2.45) is 0 Å². The van der Waals surface area contributed by atoms with Crippen LogP contribution < -0.4 is 10.6 Å². The number of rotatable bonds is 4. The molecule has 21 heavy (non-hydrogen) atoms. The molecular formula is C15H24N2O3S. The van der Waals surface area contributed by atoms with E-state index in [4.69, 9.17) is 4.74 Å². The van der Waals surface area contributed by atoms with E-state index in [-0.39, 0.29) is 18.6 Å². The highest BCUT2D eigenvalue weighted by Crippen LogP contribution is 2.26. The third kappa shape index (κ3) is 4.43. The van der Waals surface area contributed by atoms with Gasteiger partial charge in [0.15, 0.2) is 0 Å². The van der Waals surface area contributed by atoms with Gasteiger partial charge in [0.05, 0.1) is 11.6 Å². The van der Waals surface area contributed by atoms with E-state index in [2.05, 4.69) is 30.5 Å². The number of hydrogen-bond donors (Lipinski definition) is 3. The molecule has 2 rings (SSSR count). The Labute approximate surface area is 129 Å². The number of nitrogens with one attached hydrogen (secondary N) is 2. The number of aliphatic hydroxyl groups is 1. The minimum Gasteiger partial charge on any atom is -0.388 e. The summed E-state index contributed by atoms with van der Waals surface area (Å²) in [5.74, 6) is 0. The molecule has 1 unspecified atom stereocenters. The van der Waals surface area contributed by atoms with Gasteiger partial charge >= 0.3 is 6.03 Å². The average Bonchev–Trinajstić information content (AvgIpc) is 2.77. The predicted molar refractivity (Wildman–Crippen MR) is 83.7 cm³/mol. The van der Waals surface area contributed by atoms with Crippen molar-refractivity contribution in [2.45, 2.75) is 45.3 Å². The van der Waals surface area contributed by atoms with Crippen LogP contribution in [0.5, 0.6) is 0 Å². The fourth-order valence-corrected chi connectivity index (χ4v) is 3.60. The van der Waals surface area contributed by atoms with E-state index in [1.54, 1.807) is 11.3 Å². The Bertz CT molecular complexity index is 495. The number of ether oxygens (including phenoxy) is 1. The van der Waals surface area contributed by atoms with Crippen molar-refractivity contribution in [1.82, 2.24) is 10.6 Å². The molecule has 0 radical (unpaired) electrons. The Hall–Kier alpha value is -1.11. The van der Waals surface area contributed by atoms with E-state index in [1.807, 2.05) is 6.92 Å². The van der Waals surface area contributed by atoms with Crippen LogP contribution in [0.2, 0.25) is 0 Å². The lowest BCUT2D eigenvalue weighted by Gasteiger charge is -2.32. The molecule has 1 aromatic rings. The minimum atomic E-state index is -0.840. The average molecular weight is 312 g/mol. The second-order valence-corrected chi connectivity index (χ2v) is 7.21. The summed E-state index contributed by atoms with van der Waals surface area (Å²) in [6.07, 6.45) is 1.12. The van der Waals surface area contributed by atoms with Gasteiger partial charge in [-0.05, 0) is 32.4 Å². The molecule has 6 heteroatoms. The highest BCUT2D eigenvalue weighted by atomic mass is 32.1. The van der Waals surface area contributed by atoms with Crippen molar-refractivity contribution in [3.63, 3.8) is 0 Å². The Balaban J connectivity index is 1.82. The molecule has 0 aliphatic carbocycles. The molecule has 118 valence electrons. The number of amides is 2. The molecule has 1 fully saturated rings. The number of thiophene rings is 1. The lowest BCUT2D eigenvalue weighted by molar-refractivity contribution is -0.0600. The monoisotopic (exact) mass is 312 g/mol. The quantitative estimate of drug-likeness (QED) is 0.799. The first-order valence-electron chi connectivity index (χ1n) is 7.31. The van der Waals surface area contributed by atoms with Crippen molar-refractivity contribution in [3.8, 4) is 0 Å². The van der Waals surface area contributed by atoms with Crippen molar-refractivity contribution in [1.29, 1.82) is 0 Å². The molecule has 0 bridgehead atoms. The molecule has 0 saturated carbocycles. The lowest BCUT2D eigenvalue weighted by atomic mass is 9.94. The van der Waals surface area contributed by atoms with Crippen LogP contribution in [-0.4, -0.2) is 36.5 Å². The van der Waals surface area contributed by atoms with Crippen molar-refractivity contribution >= 4 is 17.4 Å². The fourth-order valence-electron chi connectivity index (χ4n) is 2.58. The summed E-state index contributed by atoms with van der Waals surface area (Å²) in [4.78, 5) is 14.4. The summed E-state index contributed by atoms with van der Waals surface area (Å²) < 4.78 is 5.22. The predicted octanol–water partition coefficient (Wildman–Crippen LogP) is 2.27. The topological polar surface area (TPSA) is 70.6 Å². The van der Waals surface area contributed by atoms with E-state index in [0.717, 1.165) is 5.56 Å². The number of hydrogen-bond acceptors (Lipinski definition) is 4. The van der Waals surface area contributed by atoms with Gasteiger partial charge in [-0.3, -0.25) is 0 Å². The zero-order chi connectivity index (χ0) is 15.5. The van der Waals surface area contributed by atoms with Crippen LogP contribution in [-0.2, 0) is 4.74 Å². The summed E-state index contributed by atoms with van der Waals surface area (Å²) in [7, 11) is 0. The van der Waals surface area contributed by atoms with Gasteiger partial charge in [-0.25, -0.2) is 4.79 Å². The van der Waals surface area contributed by atoms with Crippen LogP contribution in [0, 0.1) is 13.8 Å². The molecule has 1 aliphatic heterocycles. The maximum absolute atomic E-state index is 12.0. The lowest BCUT2D eigenvalue weighted by Crippen LogP contribution is -2.49. The van der Waals surface area contributed by atoms with Crippen LogP contribution in [0.25, 0.3) is 0 Å². The Morgan fingerprint density at radius 1 is 1.48 bits per heavy atom. The zero-order valence-corrected chi connectivity index (χ0v) is 13.7. The standard InChI is InChI=1S/C15H24N2O3S/c1-10-8-13(12(3)21-10)11(2)17-14(18)16-9-15(19)4-6-20-7-5-15/h8,11,19H,4-7,9H2,1-3H3,(H2,16,17,18). The normalized spacial score (nSPS) is 19.0. The first-order chi connectivity index (χ1) is 9.89. The smallest absolute Gasteiger partial charge is 0.315 e. The van der Waals surface area contributed by atoms with Gasteiger partial charge in [0.2, 0.25) is 0 Å². The van der Waals surface area contributed by atoms with Gasteiger partial charge in [0.1, 0.15) is 0 Å². The van der Waals surface area contributed by atoms with Gasteiger partial charge in [-0.15, -0.1) is 11.3 Å². The van der Waals surface area contributed by atoms with Crippen LogP contribution in [0.15, 0.2) is 6.07 Å². The second kappa shape index (κ2) is 6.77. The Kier molecular flexibility index (Phi) is 5.24. The summed E-state index contributed by atoms with van der Waals surface area (Å²) in [6, 6.07) is 1.82. The molecule has 2 heterocycles. The van der Waals surface area contributed by atoms with Crippen LogP contribution in [0.4, 0.5) is 4.79 Å². The summed E-state index contributed by atoms with van der Waals surface area (Å²) in [5, 5.41) is 16.0. The molecule has 1 aromatic heterocycles. The van der Waals surface area contributed by atoms with Gasteiger partial charge in [-0.1, -0.05) is 0 Å². The third-order valence-electron chi connectivity index (χ3n) is 3.89. The number of aryl methyl sites for hydroxylation is 2. The second-order valence-electron chi connectivity index (χ2n) is 5.75. The van der Waals surface area contributed by atoms with E-state index < -0.39 is 5.60 Å². The van der Waals surface area contributed by atoms with E-state index in [9.17, 15) is 9.90 Å². The molecule has 3 N–H and O–H groups in total. The number of carbonyl (C=O) groups is 1. The maximum Gasteiger partial charge on any atom is 0.315 e. The molecule has 1 aliphatic rings. The molecule has 2 amide bonds. The molecule has 0 spiro atoms. The maximum atomic E-state index is 12.0. The van der Waals surface area contributed by atoms with E-state index in [0.29, 0.717) is 26.1 Å². The molecular weight excluding hydrogens is 288 g/mol. The molecule has 1 atom stereocenters. The van der Waals surface area contributed by atoms with Gasteiger partial charge in [0.25, 0.3) is 0 Å². The fraction of sp³-hybridized carbons (Fsp3) is 0.667. The van der Waals surface area contributed by atoms with E-state index in [1.165, 1.54) is 9.75 Å². The molecule has 5 nitrogen and oxygen atoms in total. The first kappa shape index (κ1) is 16.3. The van der Waals surface area contributed by atoms with Crippen molar-refractivity contribution in [3.05, 3.63) is 21.4 Å². The zero-order valence-electron chi connectivity index (χ0n) is 12.9. The summed E-state index contributed by atoms with van der Waals surface area (Å²) in [6.45, 7) is 7.45. The van der Waals surface area contributed by atoms with Crippen LogP contribution in [0.3, 0.4) is 0 Å².